The number of pyridine rings is 2. The average Bonchev–Trinajstić information content (AvgIpc) is 3.93. The maximum atomic E-state index is 12.9. The first-order chi connectivity index (χ1) is 33.2. The third-order valence-corrected chi connectivity index (χ3v) is 10.8. The molecule has 2 aromatic carbocycles. The van der Waals surface area contributed by atoms with Gasteiger partial charge in [0, 0.05) is 29.7 Å². The number of carbonyl (C=O) groups excluding carboxylic acids is 4. The van der Waals surface area contributed by atoms with Crippen LogP contribution < -0.4 is 38.6 Å². The van der Waals surface area contributed by atoms with Crippen LogP contribution in [0.5, 0.6) is 0 Å². The number of imidazole rings is 2. The van der Waals surface area contributed by atoms with Crippen LogP contribution in [0, 0.1) is 0 Å². The molecule has 70 heavy (non-hydrogen) atoms. The number of rotatable bonds is 12. The number of carbonyl (C=O) groups is 4. The molecule has 0 aliphatic rings. The Morgan fingerprint density at radius 3 is 1.47 bits per heavy atom. The van der Waals surface area contributed by atoms with E-state index in [-0.39, 0.29) is 60.1 Å². The second-order valence-electron chi connectivity index (χ2n) is 15.2. The van der Waals surface area contributed by atoms with Gasteiger partial charge in [0.2, 0.25) is 11.8 Å². The van der Waals surface area contributed by atoms with Gasteiger partial charge in [-0.15, -0.1) is 0 Å². The van der Waals surface area contributed by atoms with E-state index in [1.165, 1.54) is 58.9 Å². The summed E-state index contributed by atoms with van der Waals surface area (Å²) in [6, 6.07) is 23.8. The lowest BCUT2D eigenvalue weighted by molar-refractivity contribution is -0.118. The molecule has 0 aliphatic carbocycles. The number of ketones is 2. The number of hydrogen-bond donors (Lipinski definition) is 4. The minimum Gasteiger partial charge on any atom is -0.423 e. The summed E-state index contributed by atoms with van der Waals surface area (Å²) in [5, 5.41) is 23.8. The molecule has 4 N–H and O–H groups in total. The maximum Gasteiger partial charge on any atom is 0.488 e. The van der Waals surface area contributed by atoms with E-state index in [2.05, 4.69) is 46.5 Å². The van der Waals surface area contributed by atoms with Crippen LogP contribution >= 0.6 is 39.1 Å². The Kier molecular flexibility index (Phi) is 16.7. The van der Waals surface area contributed by atoms with Gasteiger partial charge in [-0.2, -0.15) is 0 Å². The Hall–Kier alpha value is -7.64. The molecular weight excluding hydrogens is 1020 g/mol. The number of aryl methyl sites for hydroxylation is 2. The molecule has 0 fully saturated rings. The number of amides is 2. The van der Waals surface area contributed by atoms with Crippen molar-refractivity contribution in [1.29, 1.82) is 0 Å². The van der Waals surface area contributed by atoms with Gasteiger partial charge in [-0.05, 0) is 83.8 Å². The van der Waals surface area contributed by atoms with Gasteiger partial charge >= 0.3 is 18.5 Å². The van der Waals surface area contributed by atoms with Crippen LogP contribution in [0.25, 0.3) is 33.6 Å². The smallest absolute Gasteiger partial charge is 0.423 e. The molecule has 360 valence electrons. The molecule has 22 nitrogen and oxygen atoms in total. The lowest BCUT2D eigenvalue weighted by Gasteiger charge is -2.09. The number of nitrogens with one attached hydrogen (secondary N) is 2. The van der Waals surface area contributed by atoms with Crippen molar-refractivity contribution >= 4 is 109 Å². The summed E-state index contributed by atoms with van der Waals surface area (Å²) in [5.41, 5.74) is -0.333. The molecular formula is C44H40BBrCl2N12O10. The van der Waals surface area contributed by atoms with Gasteiger partial charge in [-0.3, -0.25) is 47.0 Å². The minimum absolute atomic E-state index is 0.0522. The van der Waals surface area contributed by atoms with Crippen LogP contribution in [0.3, 0.4) is 0 Å². The standard InChI is InChI=1S/C22H19ClN6O4.C16H15BrN6O4.C6H6BClO2/c1-13(30)10-29-21(32)19-20(27(2)22(29)33)24-12-28(19)11-18(31)26-17-5-3-4-16(25-17)14-6-8-15(23)9-7-14;1-9(24)6-23-15(26)13-14(21(2)16(23)27)18-8-22(13)7-12(25)20-11-5-3-4-10(17)19-11;8-6-3-1-5(2-4-6)7(9)10/h3-9,12H,10-11H2,1-2H3,(H,25,26,31);3-5,8H,6-7H2,1-2H3,(H,19,20,25);1-4,9-10H. The van der Waals surface area contributed by atoms with Gasteiger partial charge in [0.15, 0.2) is 22.3 Å². The van der Waals surface area contributed by atoms with Crippen molar-refractivity contribution in [3.05, 3.63) is 154 Å². The van der Waals surface area contributed by atoms with Crippen molar-refractivity contribution in [2.45, 2.75) is 40.0 Å². The van der Waals surface area contributed by atoms with E-state index in [0.717, 1.165) is 14.7 Å². The largest absolute Gasteiger partial charge is 0.488 e. The topological polar surface area (TPSA) is 282 Å². The highest BCUT2D eigenvalue weighted by molar-refractivity contribution is 9.10. The van der Waals surface area contributed by atoms with Gasteiger partial charge in [0.05, 0.1) is 31.4 Å². The van der Waals surface area contributed by atoms with Gasteiger partial charge in [-0.1, -0.05) is 59.6 Å². The van der Waals surface area contributed by atoms with E-state index in [1.54, 1.807) is 72.8 Å². The third kappa shape index (κ3) is 12.5. The zero-order valence-electron chi connectivity index (χ0n) is 37.4. The number of halogens is 3. The van der Waals surface area contributed by atoms with Crippen LogP contribution in [0.1, 0.15) is 13.8 Å². The Bertz CT molecular complexity index is 3530. The summed E-state index contributed by atoms with van der Waals surface area (Å²) < 4.78 is 7.24. The summed E-state index contributed by atoms with van der Waals surface area (Å²) in [6.45, 7) is 1.41. The number of anilines is 2. The molecule has 0 saturated heterocycles. The van der Waals surface area contributed by atoms with Gasteiger partial charge < -0.3 is 29.8 Å². The van der Waals surface area contributed by atoms with Gasteiger partial charge in [0.25, 0.3) is 11.1 Å². The van der Waals surface area contributed by atoms with E-state index in [1.807, 2.05) is 12.1 Å². The van der Waals surface area contributed by atoms with E-state index >= 15 is 0 Å². The monoisotopic (exact) mass is 1060 g/mol. The number of hydrogen-bond acceptors (Lipinski definition) is 14. The Balaban J connectivity index is 0.000000194. The van der Waals surface area contributed by atoms with E-state index in [0.29, 0.717) is 37.4 Å². The Morgan fingerprint density at radius 1 is 0.614 bits per heavy atom. The minimum atomic E-state index is -1.41. The molecule has 8 aromatic rings. The van der Waals surface area contributed by atoms with Crippen LogP contribution in [0.15, 0.2) is 121 Å². The molecule has 0 unspecified atom stereocenters. The highest BCUT2D eigenvalue weighted by atomic mass is 79.9. The van der Waals surface area contributed by atoms with Gasteiger partial charge in [0.1, 0.15) is 40.9 Å². The first-order valence-corrected chi connectivity index (χ1v) is 22.1. The number of Topliss-reactive ketones (excluding diaryl/α,β-unsaturated/α-hetero) is 2. The fourth-order valence-corrected chi connectivity index (χ4v) is 7.28. The first-order valence-electron chi connectivity index (χ1n) is 20.6. The highest BCUT2D eigenvalue weighted by Gasteiger charge is 2.20. The summed E-state index contributed by atoms with van der Waals surface area (Å²) in [5.74, 6) is -0.867. The predicted octanol–water partition coefficient (Wildman–Crippen LogP) is 2.14. The number of aromatic nitrogens is 10. The van der Waals surface area contributed by atoms with Crippen LogP contribution in [0.4, 0.5) is 11.6 Å². The Morgan fingerprint density at radius 2 is 1.04 bits per heavy atom. The van der Waals surface area contributed by atoms with Crippen LogP contribution in [0.2, 0.25) is 10.0 Å². The van der Waals surface area contributed by atoms with Crippen molar-refractivity contribution in [2.75, 3.05) is 10.6 Å². The molecule has 6 aromatic heterocycles. The lowest BCUT2D eigenvalue weighted by Crippen LogP contribution is -2.41. The fourth-order valence-electron chi connectivity index (χ4n) is 6.68. The molecule has 0 atom stereocenters. The third-order valence-electron chi connectivity index (χ3n) is 9.90. The van der Waals surface area contributed by atoms with E-state index in [4.69, 9.17) is 33.2 Å². The van der Waals surface area contributed by atoms with E-state index in [9.17, 15) is 38.4 Å². The molecule has 26 heteroatoms. The molecule has 0 saturated carbocycles. The fraction of sp³-hybridized carbons (Fsp3) is 0.182. The van der Waals surface area contributed by atoms with Crippen LogP contribution in [-0.2, 0) is 59.5 Å². The van der Waals surface area contributed by atoms with Crippen molar-refractivity contribution < 1.29 is 29.2 Å². The van der Waals surface area contributed by atoms with Crippen molar-refractivity contribution in [3.63, 3.8) is 0 Å². The zero-order chi connectivity index (χ0) is 51.0. The second-order valence-corrected chi connectivity index (χ2v) is 16.9. The number of benzene rings is 2. The second kappa shape index (κ2) is 22.6. The highest BCUT2D eigenvalue weighted by Crippen LogP contribution is 2.21. The van der Waals surface area contributed by atoms with E-state index < -0.39 is 41.4 Å². The average molecular weight is 1060 g/mol. The Labute approximate surface area is 413 Å². The predicted molar refractivity (Wildman–Crippen MR) is 265 cm³/mol. The summed E-state index contributed by atoms with van der Waals surface area (Å²) >= 11 is 14.7. The maximum absolute atomic E-state index is 12.9. The van der Waals surface area contributed by atoms with Crippen LogP contribution in [-0.4, -0.2) is 87.9 Å². The summed E-state index contributed by atoms with van der Waals surface area (Å²) in [4.78, 5) is 115. The van der Waals surface area contributed by atoms with Gasteiger partial charge in [-0.25, -0.2) is 29.5 Å². The molecule has 8 rings (SSSR count). The molecule has 0 bridgehead atoms. The first kappa shape index (κ1) is 51.8. The lowest BCUT2D eigenvalue weighted by atomic mass is 9.81. The summed E-state index contributed by atoms with van der Waals surface area (Å²) in [6.07, 6.45) is 2.61. The van der Waals surface area contributed by atoms with Crippen molar-refractivity contribution in [2.24, 2.45) is 14.1 Å². The quantitative estimate of drug-likeness (QED) is 0.101. The number of nitrogens with zero attached hydrogens (tertiary/aromatic N) is 10. The zero-order valence-corrected chi connectivity index (χ0v) is 40.5. The molecule has 0 radical (unpaired) electrons. The van der Waals surface area contributed by atoms with Crippen molar-refractivity contribution in [3.8, 4) is 11.3 Å². The van der Waals surface area contributed by atoms with Crippen molar-refractivity contribution in [1.82, 2.24) is 47.3 Å². The molecule has 6 heterocycles. The molecule has 0 aliphatic heterocycles. The normalized spacial score (nSPS) is 10.8. The molecule has 2 amide bonds. The SMILES string of the molecule is CC(=O)Cn1c(=O)c2c(ncn2CC(=O)Nc2cccc(-c3ccc(Cl)cc3)n2)n(C)c1=O.CC(=O)Cn1c(=O)c2c(ncn2CC(=O)Nc2cccc(Br)n2)n(C)c1=O.OB(O)c1ccc(Cl)cc1. The molecule has 0 spiro atoms. The number of fused-ring (bicyclic) bond motifs is 2. The summed E-state index contributed by atoms with van der Waals surface area (Å²) in [7, 11) is 1.49.